The van der Waals surface area contributed by atoms with E-state index < -0.39 is 0 Å². The van der Waals surface area contributed by atoms with Crippen LogP contribution in [0.1, 0.15) is 25.6 Å². The van der Waals surface area contributed by atoms with Gasteiger partial charge in [-0.25, -0.2) is 0 Å². The number of hydrogen-bond acceptors (Lipinski definition) is 5. The molecule has 7 heteroatoms. The molecule has 2 aromatic rings. The van der Waals surface area contributed by atoms with E-state index in [1.165, 1.54) is 11.3 Å². The summed E-state index contributed by atoms with van der Waals surface area (Å²) in [5, 5.41) is 2.94. The summed E-state index contributed by atoms with van der Waals surface area (Å²) in [4.78, 5) is 15.7. The first-order valence-corrected chi connectivity index (χ1v) is 9.91. The third kappa shape index (κ3) is 6.20. The van der Waals surface area contributed by atoms with Crippen molar-refractivity contribution in [2.24, 2.45) is 0 Å². The molecule has 2 rings (SSSR count). The predicted octanol–water partition coefficient (Wildman–Crippen LogP) is 4.66. The minimum atomic E-state index is -0.0934. The highest BCUT2D eigenvalue weighted by atomic mass is 35.5. The number of nitrogens with zero attached hydrogens (tertiary/aromatic N) is 1. The van der Waals surface area contributed by atoms with E-state index in [0.29, 0.717) is 36.9 Å². The van der Waals surface area contributed by atoms with Crippen molar-refractivity contribution >= 4 is 34.5 Å². The van der Waals surface area contributed by atoms with Crippen molar-refractivity contribution in [3.05, 3.63) is 39.5 Å². The molecule has 1 heterocycles. The van der Waals surface area contributed by atoms with Crippen molar-refractivity contribution in [1.29, 1.82) is 0 Å². The first-order valence-electron chi connectivity index (χ1n) is 8.71. The summed E-state index contributed by atoms with van der Waals surface area (Å²) < 4.78 is 11.9. The van der Waals surface area contributed by atoms with E-state index in [1.54, 1.807) is 6.07 Å². The minimum absolute atomic E-state index is 0.0934. The SMILES string of the molecule is CCOc1ccc(OCC)c(NC(=O)CN(CC)Cc2ccc(Cl)s2)c1. The maximum Gasteiger partial charge on any atom is 0.238 e. The lowest BCUT2D eigenvalue weighted by atomic mass is 10.2. The second kappa shape index (κ2) is 10.4. The number of thiophene rings is 1. The van der Waals surface area contributed by atoms with Gasteiger partial charge in [0.1, 0.15) is 11.5 Å². The van der Waals surface area contributed by atoms with Gasteiger partial charge < -0.3 is 14.8 Å². The van der Waals surface area contributed by atoms with Crippen molar-refractivity contribution in [1.82, 2.24) is 4.90 Å². The van der Waals surface area contributed by atoms with Gasteiger partial charge in [0, 0.05) is 17.5 Å². The van der Waals surface area contributed by atoms with Gasteiger partial charge in [0.05, 0.1) is 29.8 Å². The van der Waals surface area contributed by atoms with Crippen LogP contribution in [0.3, 0.4) is 0 Å². The van der Waals surface area contributed by atoms with E-state index >= 15 is 0 Å². The van der Waals surface area contributed by atoms with Crippen molar-refractivity contribution in [2.75, 3.05) is 31.6 Å². The summed E-state index contributed by atoms with van der Waals surface area (Å²) in [6.07, 6.45) is 0. The van der Waals surface area contributed by atoms with E-state index in [1.807, 2.05) is 45.0 Å². The molecule has 0 aliphatic rings. The molecule has 0 atom stereocenters. The number of hydrogen-bond donors (Lipinski definition) is 1. The van der Waals surface area contributed by atoms with Gasteiger partial charge in [-0.1, -0.05) is 18.5 Å². The average Bonchev–Trinajstić information content (AvgIpc) is 3.02. The van der Waals surface area contributed by atoms with Crippen molar-refractivity contribution in [3.63, 3.8) is 0 Å². The maximum absolute atomic E-state index is 12.5. The van der Waals surface area contributed by atoms with Crippen molar-refractivity contribution < 1.29 is 14.3 Å². The zero-order valence-electron chi connectivity index (χ0n) is 15.4. The Bertz CT molecular complexity index is 721. The zero-order valence-corrected chi connectivity index (χ0v) is 17.0. The molecule has 1 aromatic heterocycles. The van der Waals surface area contributed by atoms with E-state index in [0.717, 1.165) is 15.8 Å². The third-order valence-corrected chi connectivity index (χ3v) is 4.87. The van der Waals surface area contributed by atoms with Crippen LogP contribution in [0.5, 0.6) is 11.5 Å². The second-order valence-corrected chi connectivity index (χ2v) is 7.38. The summed E-state index contributed by atoms with van der Waals surface area (Å²) in [5.41, 5.74) is 0.623. The fraction of sp³-hybridized carbons (Fsp3) is 0.421. The number of carbonyl (C=O) groups is 1. The molecule has 0 unspecified atom stereocenters. The number of nitrogens with one attached hydrogen (secondary N) is 1. The molecule has 5 nitrogen and oxygen atoms in total. The second-order valence-electron chi connectivity index (χ2n) is 5.58. The highest BCUT2D eigenvalue weighted by molar-refractivity contribution is 7.16. The highest BCUT2D eigenvalue weighted by Gasteiger charge is 2.14. The van der Waals surface area contributed by atoms with Gasteiger partial charge in [-0.15, -0.1) is 11.3 Å². The monoisotopic (exact) mass is 396 g/mol. The fourth-order valence-electron chi connectivity index (χ4n) is 2.47. The summed E-state index contributed by atoms with van der Waals surface area (Å²) >= 11 is 7.52. The summed E-state index contributed by atoms with van der Waals surface area (Å²) in [6, 6.07) is 9.31. The molecule has 1 aromatic carbocycles. The lowest BCUT2D eigenvalue weighted by Crippen LogP contribution is -2.32. The zero-order chi connectivity index (χ0) is 18.9. The van der Waals surface area contributed by atoms with Crippen LogP contribution in [0.4, 0.5) is 5.69 Å². The first-order chi connectivity index (χ1) is 12.5. The van der Waals surface area contributed by atoms with Crippen LogP contribution in [0.25, 0.3) is 0 Å². The Balaban J connectivity index is 2.03. The number of likely N-dealkylation sites (N-methyl/N-ethyl adjacent to an activating group) is 1. The van der Waals surface area contributed by atoms with Gasteiger partial charge in [-0.05, 0) is 44.7 Å². The molecule has 0 aliphatic carbocycles. The molecule has 0 saturated heterocycles. The summed E-state index contributed by atoms with van der Waals surface area (Å²) in [7, 11) is 0. The molecule has 0 aliphatic heterocycles. The molecule has 0 saturated carbocycles. The minimum Gasteiger partial charge on any atom is -0.494 e. The Morgan fingerprint density at radius 1 is 1.15 bits per heavy atom. The van der Waals surface area contributed by atoms with Crippen molar-refractivity contribution in [3.8, 4) is 11.5 Å². The van der Waals surface area contributed by atoms with Gasteiger partial charge >= 0.3 is 0 Å². The maximum atomic E-state index is 12.5. The van der Waals surface area contributed by atoms with Crippen LogP contribution in [-0.4, -0.2) is 37.1 Å². The highest BCUT2D eigenvalue weighted by Crippen LogP contribution is 2.29. The molecule has 1 N–H and O–H groups in total. The topological polar surface area (TPSA) is 50.8 Å². The van der Waals surface area contributed by atoms with E-state index in [2.05, 4.69) is 10.2 Å². The van der Waals surface area contributed by atoms with E-state index in [4.69, 9.17) is 21.1 Å². The molecular formula is C19H25ClN2O3S. The fourth-order valence-corrected chi connectivity index (χ4v) is 3.60. The van der Waals surface area contributed by atoms with Crippen LogP contribution in [0.15, 0.2) is 30.3 Å². The number of anilines is 1. The molecule has 142 valence electrons. The smallest absolute Gasteiger partial charge is 0.238 e. The molecule has 26 heavy (non-hydrogen) atoms. The number of benzene rings is 1. The van der Waals surface area contributed by atoms with Crippen molar-refractivity contribution in [2.45, 2.75) is 27.3 Å². The largest absolute Gasteiger partial charge is 0.494 e. The quantitative estimate of drug-likeness (QED) is 0.634. The molecule has 0 bridgehead atoms. The Hall–Kier alpha value is -1.76. The number of carbonyl (C=O) groups excluding carboxylic acids is 1. The Labute approximate surface area is 163 Å². The van der Waals surface area contributed by atoms with Crippen LogP contribution in [-0.2, 0) is 11.3 Å². The van der Waals surface area contributed by atoms with Gasteiger partial charge in [0.25, 0.3) is 0 Å². The van der Waals surface area contributed by atoms with Gasteiger partial charge in [0.15, 0.2) is 0 Å². The first kappa shape index (κ1) is 20.6. The average molecular weight is 397 g/mol. The lowest BCUT2D eigenvalue weighted by Gasteiger charge is -2.20. The summed E-state index contributed by atoms with van der Waals surface area (Å²) in [5.74, 6) is 1.24. The molecule has 0 radical (unpaired) electrons. The van der Waals surface area contributed by atoms with Crippen LogP contribution < -0.4 is 14.8 Å². The van der Waals surface area contributed by atoms with E-state index in [-0.39, 0.29) is 12.5 Å². The van der Waals surface area contributed by atoms with Crippen LogP contribution in [0, 0.1) is 0 Å². The number of amides is 1. The Morgan fingerprint density at radius 3 is 2.54 bits per heavy atom. The third-order valence-electron chi connectivity index (χ3n) is 3.66. The van der Waals surface area contributed by atoms with E-state index in [9.17, 15) is 4.79 Å². The number of rotatable bonds is 10. The predicted molar refractivity (Wildman–Crippen MR) is 108 cm³/mol. The number of halogens is 1. The van der Waals surface area contributed by atoms with Gasteiger partial charge in [-0.3, -0.25) is 9.69 Å². The Morgan fingerprint density at radius 2 is 1.92 bits per heavy atom. The normalized spacial score (nSPS) is 10.8. The molecule has 0 fully saturated rings. The molecule has 0 spiro atoms. The lowest BCUT2D eigenvalue weighted by molar-refractivity contribution is -0.117. The Kier molecular flexibility index (Phi) is 8.22. The molecule has 1 amide bonds. The standard InChI is InChI=1S/C19H25ClN2O3S/c1-4-22(12-15-8-10-18(20)26-15)13-19(23)21-16-11-14(24-5-2)7-9-17(16)25-6-3/h7-11H,4-6,12-13H2,1-3H3,(H,21,23). The summed E-state index contributed by atoms with van der Waals surface area (Å²) in [6.45, 7) is 8.70. The molecular weight excluding hydrogens is 372 g/mol. The van der Waals surface area contributed by atoms with Crippen LogP contribution in [0.2, 0.25) is 4.34 Å². The van der Waals surface area contributed by atoms with Gasteiger partial charge in [-0.2, -0.15) is 0 Å². The number of ether oxygens (including phenoxy) is 2. The van der Waals surface area contributed by atoms with Gasteiger partial charge in [0.2, 0.25) is 5.91 Å². The van der Waals surface area contributed by atoms with Crippen LogP contribution >= 0.6 is 22.9 Å².